The molecule has 7 nitrogen and oxygen atoms in total. The summed E-state index contributed by atoms with van der Waals surface area (Å²) >= 11 is 5.79. The van der Waals surface area contributed by atoms with Crippen LogP contribution in [0.5, 0.6) is 0 Å². The van der Waals surface area contributed by atoms with Gasteiger partial charge < -0.3 is 10.2 Å². The van der Waals surface area contributed by atoms with Gasteiger partial charge in [-0.2, -0.15) is 8.42 Å². The van der Waals surface area contributed by atoms with E-state index >= 15 is 0 Å². The molecule has 0 saturated carbocycles. The first-order chi connectivity index (χ1) is 11.7. The van der Waals surface area contributed by atoms with Crippen LogP contribution in [0.1, 0.15) is 6.92 Å². The van der Waals surface area contributed by atoms with E-state index in [1.54, 1.807) is 38.4 Å². The minimum atomic E-state index is -3.99. The van der Waals surface area contributed by atoms with E-state index in [1.807, 2.05) is 0 Å². The molecule has 0 atom stereocenters. The van der Waals surface area contributed by atoms with Gasteiger partial charge in [-0.05, 0) is 24.3 Å². The average molecular weight is 381 g/mol. The molecule has 1 aromatic heterocycles. The zero-order chi connectivity index (χ0) is 18.6. The third kappa shape index (κ3) is 5.01. The predicted octanol–water partition coefficient (Wildman–Crippen LogP) is 2.64. The molecule has 0 aliphatic rings. The van der Waals surface area contributed by atoms with Crippen molar-refractivity contribution in [3.8, 4) is 11.1 Å². The number of pyridine rings is 1. The van der Waals surface area contributed by atoms with Gasteiger partial charge in [0.25, 0.3) is 10.0 Å². The number of hydrogen-bond donors (Lipinski definition) is 1. The molecule has 1 aromatic carbocycles. The van der Waals surface area contributed by atoms with E-state index in [-0.39, 0.29) is 10.8 Å². The Morgan fingerprint density at radius 2 is 2.00 bits per heavy atom. The summed E-state index contributed by atoms with van der Waals surface area (Å²) in [5, 5.41) is 2.87. The van der Waals surface area contributed by atoms with Gasteiger partial charge in [0.1, 0.15) is 11.5 Å². The minimum absolute atomic E-state index is 0.0408. The highest BCUT2D eigenvalue weighted by atomic mass is 35.5. The van der Waals surface area contributed by atoms with Crippen LogP contribution in [0.4, 0.5) is 5.69 Å². The van der Waals surface area contributed by atoms with Crippen molar-refractivity contribution < 1.29 is 13.2 Å². The number of carbonyl (C=O) groups is 1. The number of nitrogens with zero attached hydrogens (tertiary/aromatic N) is 3. The summed E-state index contributed by atoms with van der Waals surface area (Å²) in [5.41, 5.74) is 1.34. The van der Waals surface area contributed by atoms with Gasteiger partial charge in [-0.3, -0.25) is 4.79 Å². The molecule has 1 N–H and O–H groups in total. The van der Waals surface area contributed by atoms with Gasteiger partial charge in [0.05, 0.1) is 4.90 Å². The third-order valence-corrected chi connectivity index (χ3v) is 4.52. The van der Waals surface area contributed by atoms with E-state index in [0.717, 1.165) is 0 Å². The highest BCUT2D eigenvalue weighted by molar-refractivity contribution is 7.90. The maximum atomic E-state index is 12.7. The molecule has 2 rings (SSSR count). The van der Waals surface area contributed by atoms with Crippen molar-refractivity contribution in [3.63, 3.8) is 0 Å². The fraction of sp³-hybridized carbons (Fsp3) is 0.188. The van der Waals surface area contributed by atoms with E-state index in [9.17, 15) is 13.2 Å². The largest absolute Gasteiger partial charge is 0.368 e. The molecular formula is C16H17ClN4O3S. The molecule has 0 spiro atoms. The van der Waals surface area contributed by atoms with Crippen molar-refractivity contribution in [3.05, 3.63) is 41.7 Å². The molecule has 0 unspecified atom stereocenters. The number of anilines is 1. The van der Waals surface area contributed by atoms with E-state index in [1.165, 1.54) is 30.4 Å². The van der Waals surface area contributed by atoms with Crippen LogP contribution in [-0.4, -0.2) is 44.6 Å². The molecule has 1 amide bonds. The van der Waals surface area contributed by atoms with Gasteiger partial charge in [-0.1, -0.05) is 17.7 Å². The molecule has 0 fully saturated rings. The summed E-state index contributed by atoms with van der Waals surface area (Å²) in [6.45, 7) is 1.34. The Morgan fingerprint density at radius 3 is 2.56 bits per heavy atom. The molecule has 0 aliphatic carbocycles. The lowest BCUT2D eigenvalue weighted by Gasteiger charge is -2.11. The third-order valence-electron chi connectivity index (χ3n) is 3.04. The molecular weight excluding hydrogens is 364 g/mol. The summed E-state index contributed by atoms with van der Waals surface area (Å²) < 4.78 is 29.0. The van der Waals surface area contributed by atoms with E-state index in [0.29, 0.717) is 22.0 Å². The summed E-state index contributed by atoms with van der Waals surface area (Å²) in [4.78, 5) is 16.7. The zero-order valence-electron chi connectivity index (χ0n) is 13.9. The Hall–Kier alpha value is -2.45. The molecule has 0 saturated heterocycles. The van der Waals surface area contributed by atoms with Gasteiger partial charge in [-0.15, -0.1) is 4.40 Å². The van der Waals surface area contributed by atoms with Crippen LogP contribution < -0.4 is 5.32 Å². The normalized spacial score (nSPS) is 11.5. The average Bonchev–Trinajstić information content (AvgIpc) is 2.53. The molecule has 2 aromatic rings. The van der Waals surface area contributed by atoms with Crippen LogP contribution in [-0.2, 0) is 14.8 Å². The van der Waals surface area contributed by atoms with Gasteiger partial charge in [0.2, 0.25) is 5.91 Å². The Balaban J connectivity index is 2.63. The highest BCUT2D eigenvalue weighted by Crippen LogP contribution is 2.31. The summed E-state index contributed by atoms with van der Waals surface area (Å²) in [5.74, 6) is -0.305. The van der Waals surface area contributed by atoms with Gasteiger partial charge in [0.15, 0.2) is 0 Å². The smallest absolute Gasteiger partial charge is 0.284 e. The number of rotatable bonds is 5. The van der Waals surface area contributed by atoms with E-state index in [4.69, 9.17) is 11.6 Å². The molecule has 0 bridgehead atoms. The fourth-order valence-corrected chi connectivity index (χ4v) is 3.28. The minimum Gasteiger partial charge on any atom is -0.368 e. The highest BCUT2D eigenvalue weighted by Gasteiger charge is 2.20. The number of halogens is 1. The molecule has 0 aliphatic heterocycles. The van der Waals surface area contributed by atoms with Crippen molar-refractivity contribution >= 4 is 39.6 Å². The van der Waals surface area contributed by atoms with Crippen LogP contribution in [0, 0.1) is 0 Å². The lowest BCUT2D eigenvalue weighted by Crippen LogP contribution is -2.11. The van der Waals surface area contributed by atoms with E-state index < -0.39 is 10.0 Å². The first-order valence-corrected chi connectivity index (χ1v) is 9.01. The lowest BCUT2D eigenvalue weighted by molar-refractivity contribution is -0.114. The summed E-state index contributed by atoms with van der Waals surface area (Å²) in [7, 11) is -0.660. The van der Waals surface area contributed by atoms with Crippen LogP contribution in [0.3, 0.4) is 0 Å². The standard InChI is InChI=1S/C16H17ClN4O3S/c1-11(22)20-13-5-6-14(12-4-7-16(17)18-9-12)15(8-13)25(23,24)19-10-21(2)3/h4-10H,1-3H3,(H,20,22). The molecule has 1 heterocycles. The number of aromatic nitrogens is 1. The lowest BCUT2D eigenvalue weighted by atomic mass is 10.1. The second-order valence-corrected chi connectivity index (χ2v) is 7.41. The molecule has 132 valence electrons. The van der Waals surface area contributed by atoms with E-state index in [2.05, 4.69) is 14.7 Å². The fourth-order valence-electron chi connectivity index (χ4n) is 2.00. The number of sulfonamides is 1. The summed E-state index contributed by atoms with van der Waals surface area (Å²) in [6.07, 6.45) is 2.68. The van der Waals surface area contributed by atoms with Gasteiger partial charge in [0, 0.05) is 44.0 Å². The Kier molecular flexibility index (Phi) is 5.76. The van der Waals surface area contributed by atoms with Gasteiger partial charge in [-0.25, -0.2) is 4.98 Å². The monoisotopic (exact) mass is 380 g/mol. The summed E-state index contributed by atoms with van der Waals surface area (Å²) in [6, 6.07) is 7.80. The van der Waals surface area contributed by atoms with Crippen molar-refractivity contribution in [2.24, 2.45) is 4.40 Å². The number of benzene rings is 1. The predicted molar refractivity (Wildman–Crippen MR) is 98.4 cm³/mol. The first-order valence-electron chi connectivity index (χ1n) is 7.19. The second-order valence-electron chi connectivity index (χ2n) is 5.42. The van der Waals surface area contributed by atoms with Crippen LogP contribution >= 0.6 is 11.6 Å². The van der Waals surface area contributed by atoms with Gasteiger partial charge >= 0.3 is 0 Å². The first kappa shape index (κ1) is 18.9. The number of hydrogen-bond acceptors (Lipinski definition) is 4. The SMILES string of the molecule is CC(=O)Nc1ccc(-c2ccc(Cl)nc2)c(S(=O)(=O)N=CN(C)C)c1. The van der Waals surface area contributed by atoms with Crippen LogP contribution in [0.15, 0.2) is 45.8 Å². The van der Waals surface area contributed by atoms with Crippen LogP contribution in [0.25, 0.3) is 11.1 Å². The second kappa shape index (κ2) is 7.62. The number of carbonyl (C=O) groups excluding carboxylic acids is 1. The zero-order valence-corrected chi connectivity index (χ0v) is 15.5. The number of amides is 1. The molecule has 25 heavy (non-hydrogen) atoms. The number of nitrogens with one attached hydrogen (secondary N) is 1. The van der Waals surface area contributed by atoms with Crippen LogP contribution in [0.2, 0.25) is 5.15 Å². The molecule has 9 heteroatoms. The van der Waals surface area contributed by atoms with Crippen molar-refractivity contribution in [1.29, 1.82) is 0 Å². The maximum Gasteiger partial charge on any atom is 0.284 e. The Labute approximate surface area is 151 Å². The Bertz CT molecular complexity index is 909. The quantitative estimate of drug-likeness (QED) is 0.489. The van der Waals surface area contributed by atoms with Crippen molar-refractivity contribution in [2.75, 3.05) is 19.4 Å². The Morgan fingerprint density at radius 1 is 1.28 bits per heavy atom. The molecule has 0 radical (unpaired) electrons. The van der Waals surface area contributed by atoms with Crippen molar-refractivity contribution in [2.45, 2.75) is 11.8 Å². The van der Waals surface area contributed by atoms with Crippen molar-refractivity contribution in [1.82, 2.24) is 9.88 Å². The maximum absolute atomic E-state index is 12.7. The topological polar surface area (TPSA) is 91.7 Å².